The minimum atomic E-state index is -1.43. The van der Waals surface area contributed by atoms with Crippen LogP contribution in [0.3, 0.4) is 0 Å². The topological polar surface area (TPSA) is 90.1 Å². The van der Waals surface area contributed by atoms with Crippen LogP contribution in [0.2, 0.25) is 0 Å². The second kappa shape index (κ2) is 4.96. The fraction of sp³-hybridized carbons (Fsp3) is 0.200. The summed E-state index contributed by atoms with van der Waals surface area (Å²) in [7, 11) is 1.53. The van der Waals surface area contributed by atoms with E-state index in [2.05, 4.69) is 15.4 Å². The Balaban J connectivity index is 2.18. The number of aromatic nitrogens is 4. The smallest absolute Gasteiger partial charge is 0.335 e. The molecular weight excluding hydrogens is 262 g/mol. The molecule has 0 unspecified atom stereocenters. The van der Waals surface area contributed by atoms with Crippen molar-refractivity contribution in [2.75, 3.05) is 0 Å². The highest BCUT2D eigenvalue weighted by atomic mass is 19.1. The number of hydrogen-bond acceptors (Lipinski definition) is 5. The molecule has 0 spiro atoms. The lowest BCUT2D eigenvalue weighted by Crippen LogP contribution is -2.05. The van der Waals surface area contributed by atoms with Crippen LogP contribution in [0, 0.1) is 11.6 Å². The Morgan fingerprint density at radius 1 is 1.42 bits per heavy atom. The molecule has 0 radical (unpaired) electrons. The van der Waals surface area contributed by atoms with E-state index in [0.29, 0.717) is 12.1 Å². The number of hydrogen-bond donors (Lipinski definition) is 1. The molecule has 0 saturated heterocycles. The second-order valence-corrected chi connectivity index (χ2v) is 3.56. The molecule has 0 fully saturated rings. The zero-order valence-electron chi connectivity index (χ0n) is 9.67. The molecule has 100 valence electrons. The van der Waals surface area contributed by atoms with Crippen molar-refractivity contribution in [3.8, 4) is 5.75 Å². The summed E-state index contributed by atoms with van der Waals surface area (Å²) in [4.78, 5) is 11.8. The standard InChI is InChI=1S/C10H8F2N4O3/c1-16-14-8(13-15-16)4-19-9-6(11)2-5(10(17)18)3-7(9)12/h2-3H,4H2,1H3,(H,17,18). The van der Waals surface area contributed by atoms with E-state index in [1.165, 1.54) is 11.8 Å². The summed E-state index contributed by atoms with van der Waals surface area (Å²) in [5, 5.41) is 19.5. The molecule has 0 aliphatic rings. The van der Waals surface area contributed by atoms with Gasteiger partial charge in [0.2, 0.25) is 5.82 Å². The highest BCUT2D eigenvalue weighted by Crippen LogP contribution is 2.24. The number of rotatable bonds is 4. The minimum absolute atomic E-state index is 0.142. The number of halogens is 2. The van der Waals surface area contributed by atoms with Gasteiger partial charge in [-0.05, 0) is 17.3 Å². The monoisotopic (exact) mass is 270 g/mol. The van der Waals surface area contributed by atoms with Gasteiger partial charge in [0.05, 0.1) is 12.6 Å². The quantitative estimate of drug-likeness (QED) is 0.882. The molecule has 1 aromatic heterocycles. The first-order valence-electron chi connectivity index (χ1n) is 5.05. The maximum absolute atomic E-state index is 13.5. The van der Waals surface area contributed by atoms with E-state index < -0.39 is 28.9 Å². The van der Waals surface area contributed by atoms with Crippen molar-refractivity contribution in [1.82, 2.24) is 20.2 Å². The molecule has 2 rings (SSSR count). The van der Waals surface area contributed by atoms with E-state index in [4.69, 9.17) is 9.84 Å². The van der Waals surface area contributed by atoms with Crippen LogP contribution in [0.25, 0.3) is 0 Å². The lowest BCUT2D eigenvalue weighted by Gasteiger charge is -2.07. The Morgan fingerprint density at radius 2 is 2.05 bits per heavy atom. The number of nitrogens with zero attached hydrogens (tertiary/aromatic N) is 4. The predicted molar refractivity (Wildman–Crippen MR) is 56.4 cm³/mol. The van der Waals surface area contributed by atoms with Gasteiger partial charge in [-0.15, -0.1) is 10.2 Å². The third kappa shape index (κ3) is 2.81. The van der Waals surface area contributed by atoms with Crippen LogP contribution in [0.4, 0.5) is 8.78 Å². The van der Waals surface area contributed by atoms with Gasteiger partial charge in [-0.25, -0.2) is 13.6 Å². The summed E-state index contributed by atoms with van der Waals surface area (Å²) in [6.07, 6.45) is 0. The zero-order chi connectivity index (χ0) is 14.0. The molecule has 2 aromatic rings. The number of carbonyl (C=O) groups is 1. The average molecular weight is 270 g/mol. The van der Waals surface area contributed by atoms with Gasteiger partial charge in [-0.3, -0.25) is 0 Å². The number of carboxylic acids is 1. The third-order valence-corrected chi connectivity index (χ3v) is 2.14. The summed E-state index contributed by atoms with van der Waals surface area (Å²) in [5.74, 6) is -4.19. The van der Waals surface area contributed by atoms with E-state index >= 15 is 0 Å². The SMILES string of the molecule is Cn1nnc(COc2c(F)cc(C(=O)O)cc2F)n1. The van der Waals surface area contributed by atoms with Gasteiger partial charge in [0.25, 0.3) is 0 Å². The molecule has 9 heteroatoms. The number of aryl methyl sites for hydroxylation is 1. The molecule has 1 N–H and O–H groups in total. The van der Waals surface area contributed by atoms with Crippen LogP contribution in [0.1, 0.15) is 16.2 Å². The Morgan fingerprint density at radius 3 is 2.53 bits per heavy atom. The van der Waals surface area contributed by atoms with E-state index in [1.807, 2.05) is 0 Å². The molecule has 1 heterocycles. The van der Waals surface area contributed by atoms with Gasteiger partial charge in [-0.2, -0.15) is 4.80 Å². The molecule has 0 atom stereocenters. The summed E-state index contributed by atoms with van der Waals surface area (Å²) in [5.41, 5.74) is -0.500. The van der Waals surface area contributed by atoms with Crippen LogP contribution in [-0.4, -0.2) is 31.3 Å². The molecule has 1 aromatic carbocycles. The summed E-state index contributed by atoms with van der Waals surface area (Å²) >= 11 is 0. The van der Waals surface area contributed by atoms with Crippen molar-refractivity contribution in [1.29, 1.82) is 0 Å². The molecule has 0 saturated carbocycles. The maximum atomic E-state index is 13.5. The van der Waals surface area contributed by atoms with Crippen LogP contribution in [0.15, 0.2) is 12.1 Å². The molecule has 7 nitrogen and oxygen atoms in total. The third-order valence-electron chi connectivity index (χ3n) is 2.14. The zero-order valence-corrected chi connectivity index (χ0v) is 9.67. The molecule has 0 amide bonds. The second-order valence-electron chi connectivity index (χ2n) is 3.56. The lowest BCUT2D eigenvalue weighted by atomic mass is 10.2. The fourth-order valence-corrected chi connectivity index (χ4v) is 1.34. The van der Waals surface area contributed by atoms with Crippen LogP contribution < -0.4 is 4.74 Å². The summed E-state index contributed by atoms with van der Waals surface area (Å²) < 4.78 is 31.9. The number of aromatic carboxylic acids is 1. The summed E-state index contributed by atoms with van der Waals surface area (Å²) in [6, 6.07) is 1.34. The maximum Gasteiger partial charge on any atom is 0.335 e. The van der Waals surface area contributed by atoms with Crippen LogP contribution in [-0.2, 0) is 13.7 Å². The number of benzene rings is 1. The first kappa shape index (κ1) is 12.9. The van der Waals surface area contributed by atoms with Gasteiger partial charge in [-0.1, -0.05) is 0 Å². The Kier molecular flexibility index (Phi) is 3.36. The van der Waals surface area contributed by atoms with Gasteiger partial charge >= 0.3 is 5.97 Å². The lowest BCUT2D eigenvalue weighted by molar-refractivity contribution is 0.0695. The van der Waals surface area contributed by atoms with E-state index in [-0.39, 0.29) is 12.4 Å². The van der Waals surface area contributed by atoms with Gasteiger partial charge in [0.1, 0.15) is 0 Å². The van der Waals surface area contributed by atoms with Crippen molar-refractivity contribution >= 4 is 5.97 Å². The van der Waals surface area contributed by atoms with E-state index in [9.17, 15) is 13.6 Å². The Hall–Kier alpha value is -2.58. The van der Waals surface area contributed by atoms with Gasteiger partial charge in [0.15, 0.2) is 24.0 Å². The van der Waals surface area contributed by atoms with Crippen LogP contribution in [0.5, 0.6) is 5.75 Å². The van der Waals surface area contributed by atoms with Crippen molar-refractivity contribution < 1.29 is 23.4 Å². The fourth-order valence-electron chi connectivity index (χ4n) is 1.34. The summed E-state index contributed by atoms with van der Waals surface area (Å²) in [6.45, 7) is -0.284. The van der Waals surface area contributed by atoms with E-state index in [0.717, 1.165) is 0 Å². The molecule has 0 aliphatic carbocycles. The molecule has 0 aliphatic heterocycles. The number of tetrazole rings is 1. The van der Waals surface area contributed by atoms with Gasteiger partial charge in [0, 0.05) is 0 Å². The number of ether oxygens (including phenoxy) is 1. The van der Waals surface area contributed by atoms with E-state index in [1.54, 1.807) is 0 Å². The highest BCUT2D eigenvalue weighted by molar-refractivity contribution is 5.87. The predicted octanol–water partition coefficient (Wildman–Crippen LogP) is 0.765. The normalized spacial score (nSPS) is 10.5. The van der Waals surface area contributed by atoms with Crippen LogP contribution >= 0.6 is 0 Å². The largest absolute Gasteiger partial charge is 0.479 e. The number of carboxylic acid groups (broad SMARTS) is 1. The Bertz CT molecular complexity index is 606. The molecule has 19 heavy (non-hydrogen) atoms. The highest BCUT2D eigenvalue weighted by Gasteiger charge is 2.16. The van der Waals surface area contributed by atoms with Crippen molar-refractivity contribution in [2.45, 2.75) is 6.61 Å². The van der Waals surface area contributed by atoms with Crippen molar-refractivity contribution in [3.05, 3.63) is 35.2 Å². The first-order chi connectivity index (χ1) is 8.97. The van der Waals surface area contributed by atoms with Crippen molar-refractivity contribution in [3.63, 3.8) is 0 Å². The molecular formula is C10H8F2N4O3. The molecule has 0 bridgehead atoms. The average Bonchev–Trinajstić information content (AvgIpc) is 2.73. The minimum Gasteiger partial charge on any atom is -0.479 e. The van der Waals surface area contributed by atoms with Gasteiger partial charge < -0.3 is 9.84 Å². The Labute approximate surface area is 105 Å². The van der Waals surface area contributed by atoms with Crippen molar-refractivity contribution in [2.24, 2.45) is 7.05 Å². The first-order valence-corrected chi connectivity index (χ1v) is 5.05.